The number of benzene rings is 1. The van der Waals surface area contributed by atoms with Gasteiger partial charge in [-0.25, -0.2) is 4.98 Å². The normalized spacial score (nSPS) is 10.3. The molecule has 1 aromatic carbocycles. The Morgan fingerprint density at radius 1 is 1.40 bits per heavy atom. The molecule has 2 rings (SSSR count). The number of aromatic nitrogens is 1. The summed E-state index contributed by atoms with van der Waals surface area (Å²) in [6.45, 7) is 0.522. The first-order chi connectivity index (χ1) is 9.45. The standard InChI is InChI=1S/C13H13ClN4O2/c1-17(8-9-3-2-4-10(14)5-9)13-7-11(18(19)20)6-12(15)16-13/h2-7H,8H2,1H3,(H2,15,16). The largest absolute Gasteiger partial charge is 0.383 e. The molecule has 0 radical (unpaired) electrons. The molecule has 0 fully saturated rings. The predicted octanol–water partition coefficient (Wildman–Crippen LogP) is 2.86. The van der Waals surface area contributed by atoms with Crippen molar-refractivity contribution in [2.24, 2.45) is 0 Å². The van der Waals surface area contributed by atoms with Gasteiger partial charge in [-0.1, -0.05) is 23.7 Å². The van der Waals surface area contributed by atoms with Crippen LogP contribution in [0.5, 0.6) is 0 Å². The highest BCUT2D eigenvalue weighted by Crippen LogP contribution is 2.22. The Morgan fingerprint density at radius 2 is 2.15 bits per heavy atom. The molecular weight excluding hydrogens is 280 g/mol. The van der Waals surface area contributed by atoms with Gasteiger partial charge in [-0.15, -0.1) is 0 Å². The van der Waals surface area contributed by atoms with Crippen LogP contribution in [0.3, 0.4) is 0 Å². The summed E-state index contributed by atoms with van der Waals surface area (Å²) < 4.78 is 0. The van der Waals surface area contributed by atoms with Crippen LogP contribution in [0, 0.1) is 10.1 Å². The zero-order valence-electron chi connectivity index (χ0n) is 10.8. The van der Waals surface area contributed by atoms with Gasteiger partial charge in [-0.05, 0) is 17.7 Å². The lowest BCUT2D eigenvalue weighted by molar-refractivity contribution is -0.384. The number of nitro groups is 1. The molecule has 0 bridgehead atoms. The van der Waals surface area contributed by atoms with E-state index in [-0.39, 0.29) is 11.5 Å². The van der Waals surface area contributed by atoms with Crippen LogP contribution in [-0.2, 0) is 6.54 Å². The Kier molecular flexibility index (Phi) is 4.05. The van der Waals surface area contributed by atoms with Gasteiger partial charge < -0.3 is 10.6 Å². The topological polar surface area (TPSA) is 85.3 Å². The Balaban J connectivity index is 2.25. The Morgan fingerprint density at radius 3 is 2.80 bits per heavy atom. The summed E-state index contributed by atoms with van der Waals surface area (Å²) in [5.74, 6) is 0.559. The molecule has 20 heavy (non-hydrogen) atoms. The first-order valence-corrected chi connectivity index (χ1v) is 6.21. The molecule has 104 valence electrons. The first-order valence-electron chi connectivity index (χ1n) is 5.83. The van der Waals surface area contributed by atoms with E-state index in [2.05, 4.69) is 4.98 Å². The smallest absolute Gasteiger partial charge is 0.276 e. The molecule has 1 heterocycles. The van der Waals surface area contributed by atoms with Crippen LogP contribution in [-0.4, -0.2) is 17.0 Å². The Labute approximate surface area is 120 Å². The zero-order valence-corrected chi connectivity index (χ0v) is 11.5. The molecule has 0 unspecified atom stereocenters. The van der Waals surface area contributed by atoms with Crippen LogP contribution in [0.4, 0.5) is 17.3 Å². The predicted molar refractivity (Wildman–Crippen MR) is 78.9 cm³/mol. The summed E-state index contributed by atoms with van der Waals surface area (Å²) in [6.07, 6.45) is 0. The molecule has 0 aliphatic heterocycles. The van der Waals surface area contributed by atoms with E-state index >= 15 is 0 Å². The van der Waals surface area contributed by atoms with Crippen molar-refractivity contribution in [3.8, 4) is 0 Å². The minimum Gasteiger partial charge on any atom is -0.383 e. The molecule has 2 N–H and O–H groups in total. The minimum absolute atomic E-state index is 0.0783. The molecule has 7 heteroatoms. The van der Waals surface area contributed by atoms with E-state index in [1.54, 1.807) is 18.0 Å². The minimum atomic E-state index is -0.491. The van der Waals surface area contributed by atoms with Crippen molar-refractivity contribution < 1.29 is 4.92 Å². The summed E-state index contributed by atoms with van der Waals surface area (Å²) in [6, 6.07) is 10.0. The van der Waals surface area contributed by atoms with Gasteiger partial charge in [-0.3, -0.25) is 10.1 Å². The van der Waals surface area contributed by atoms with E-state index in [1.807, 2.05) is 18.2 Å². The second-order valence-electron chi connectivity index (χ2n) is 4.35. The fourth-order valence-electron chi connectivity index (χ4n) is 1.81. The lowest BCUT2D eigenvalue weighted by Crippen LogP contribution is -2.18. The highest BCUT2D eigenvalue weighted by Gasteiger charge is 2.13. The van der Waals surface area contributed by atoms with E-state index in [9.17, 15) is 10.1 Å². The number of hydrogen-bond donors (Lipinski definition) is 1. The van der Waals surface area contributed by atoms with Gasteiger partial charge in [0.05, 0.1) is 17.1 Å². The molecule has 0 aliphatic rings. The highest BCUT2D eigenvalue weighted by molar-refractivity contribution is 6.30. The summed E-state index contributed by atoms with van der Waals surface area (Å²) in [7, 11) is 1.78. The van der Waals surface area contributed by atoms with Crippen LogP contribution < -0.4 is 10.6 Å². The maximum absolute atomic E-state index is 10.8. The molecule has 2 aromatic rings. The van der Waals surface area contributed by atoms with Crippen LogP contribution in [0.15, 0.2) is 36.4 Å². The fourth-order valence-corrected chi connectivity index (χ4v) is 2.03. The highest BCUT2D eigenvalue weighted by atomic mass is 35.5. The summed E-state index contributed by atoms with van der Waals surface area (Å²) in [5.41, 5.74) is 6.49. The van der Waals surface area contributed by atoms with E-state index in [4.69, 9.17) is 17.3 Å². The van der Waals surface area contributed by atoms with Gasteiger partial charge in [-0.2, -0.15) is 0 Å². The molecule has 0 atom stereocenters. The molecule has 6 nitrogen and oxygen atoms in total. The summed E-state index contributed by atoms with van der Waals surface area (Å²) in [4.78, 5) is 16.2. The Hall–Kier alpha value is -2.34. The van der Waals surface area contributed by atoms with Crippen LogP contribution in [0.1, 0.15) is 5.56 Å². The molecule has 1 aromatic heterocycles. The third-order valence-corrected chi connectivity index (χ3v) is 2.96. The number of nitrogens with zero attached hydrogens (tertiary/aromatic N) is 3. The van der Waals surface area contributed by atoms with Crippen molar-refractivity contribution in [3.63, 3.8) is 0 Å². The average molecular weight is 293 g/mol. The second kappa shape index (κ2) is 5.75. The molecule has 0 amide bonds. The molecule has 0 spiro atoms. The van der Waals surface area contributed by atoms with E-state index in [0.29, 0.717) is 17.4 Å². The zero-order chi connectivity index (χ0) is 14.7. The average Bonchev–Trinajstić information content (AvgIpc) is 2.37. The SMILES string of the molecule is CN(Cc1cccc(Cl)c1)c1cc([N+](=O)[O-])cc(N)n1. The van der Waals surface area contributed by atoms with Crippen LogP contribution >= 0.6 is 11.6 Å². The van der Waals surface area contributed by atoms with Gasteiger partial charge in [0.1, 0.15) is 11.6 Å². The van der Waals surface area contributed by atoms with Crippen LogP contribution in [0.2, 0.25) is 5.02 Å². The summed E-state index contributed by atoms with van der Waals surface area (Å²) >= 11 is 5.92. The number of rotatable bonds is 4. The van der Waals surface area contributed by atoms with Gasteiger partial charge in [0, 0.05) is 18.6 Å². The van der Waals surface area contributed by atoms with Crippen LogP contribution in [0.25, 0.3) is 0 Å². The number of nitrogens with two attached hydrogens (primary N) is 1. The molecular formula is C13H13ClN4O2. The first kappa shape index (κ1) is 14.1. The van der Waals surface area contributed by atoms with E-state index < -0.39 is 4.92 Å². The van der Waals surface area contributed by atoms with Gasteiger partial charge in [0.2, 0.25) is 0 Å². The molecule has 0 saturated heterocycles. The molecule has 0 saturated carbocycles. The third-order valence-electron chi connectivity index (χ3n) is 2.73. The van der Waals surface area contributed by atoms with Gasteiger partial charge in [0.25, 0.3) is 5.69 Å². The van der Waals surface area contributed by atoms with Crippen molar-refractivity contribution in [3.05, 3.63) is 57.1 Å². The van der Waals surface area contributed by atoms with Gasteiger partial charge in [0.15, 0.2) is 0 Å². The third kappa shape index (κ3) is 3.36. The Bertz CT molecular complexity index is 648. The van der Waals surface area contributed by atoms with Crippen molar-refractivity contribution in [2.75, 3.05) is 17.7 Å². The number of hydrogen-bond acceptors (Lipinski definition) is 5. The monoisotopic (exact) mass is 292 g/mol. The van der Waals surface area contributed by atoms with Gasteiger partial charge >= 0.3 is 0 Å². The van der Waals surface area contributed by atoms with E-state index in [0.717, 1.165) is 5.56 Å². The van der Waals surface area contributed by atoms with Crippen molar-refractivity contribution in [2.45, 2.75) is 6.54 Å². The number of pyridine rings is 1. The quantitative estimate of drug-likeness (QED) is 0.692. The van der Waals surface area contributed by atoms with E-state index in [1.165, 1.54) is 12.1 Å². The van der Waals surface area contributed by atoms with Crippen molar-refractivity contribution in [1.82, 2.24) is 4.98 Å². The lowest BCUT2D eigenvalue weighted by Gasteiger charge is -2.18. The van der Waals surface area contributed by atoms with Crippen molar-refractivity contribution >= 4 is 28.9 Å². The number of anilines is 2. The molecule has 0 aliphatic carbocycles. The number of halogens is 1. The second-order valence-corrected chi connectivity index (χ2v) is 4.79. The maximum Gasteiger partial charge on any atom is 0.276 e. The maximum atomic E-state index is 10.8. The number of nitrogen functional groups attached to an aromatic ring is 1. The van der Waals surface area contributed by atoms with Crippen molar-refractivity contribution in [1.29, 1.82) is 0 Å². The summed E-state index contributed by atoms with van der Waals surface area (Å²) in [5, 5.41) is 11.5. The fraction of sp³-hybridized carbons (Fsp3) is 0.154. The lowest BCUT2D eigenvalue weighted by atomic mass is 10.2.